The van der Waals surface area contributed by atoms with Crippen LogP contribution < -0.4 is 0 Å². The Balaban J connectivity index is 1.68. The maximum Gasteiger partial charge on any atom is 0.0827 e. The number of halogens is 1. The molecule has 0 aromatic carbocycles. The third kappa shape index (κ3) is 4.61. The van der Waals surface area contributed by atoms with Gasteiger partial charge in [0.2, 0.25) is 0 Å². The van der Waals surface area contributed by atoms with Crippen LogP contribution in [0.25, 0.3) is 0 Å². The minimum Gasteiger partial charge on any atom is -0.216 e. The van der Waals surface area contributed by atoms with Crippen LogP contribution >= 0.6 is 0 Å². The molecule has 0 unspecified atom stereocenters. The average molecular weight is 266 g/mol. The van der Waals surface area contributed by atoms with Gasteiger partial charge in [-0.05, 0) is 68.6 Å². The SMILES string of the molecule is CCCC1CCC(C2CCC(CC=CF)CC2)CC1. The molecule has 1 heteroatoms. The standard InChI is InChI=1S/C18H31F/c1-2-4-15-6-10-17(11-7-15)18-12-8-16(9-13-18)5-3-14-19/h3,14-18H,2,4-13H2,1H3. The van der Waals surface area contributed by atoms with E-state index in [1.807, 2.05) is 0 Å². The summed E-state index contributed by atoms with van der Waals surface area (Å²) in [5.74, 6) is 3.81. The molecule has 0 saturated heterocycles. The van der Waals surface area contributed by atoms with Gasteiger partial charge >= 0.3 is 0 Å². The fraction of sp³-hybridized carbons (Fsp3) is 0.889. The van der Waals surface area contributed by atoms with Crippen LogP contribution in [-0.4, -0.2) is 0 Å². The second kappa shape index (κ2) is 8.07. The van der Waals surface area contributed by atoms with Gasteiger partial charge in [-0.1, -0.05) is 38.7 Å². The van der Waals surface area contributed by atoms with Gasteiger partial charge in [0.1, 0.15) is 0 Å². The molecule has 0 aromatic heterocycles. The van der Waals surface area contributed by atoms with Crippen LogP contribution in [-0.2, 0) is 0 Å². The van der Waals surface area contributed by atoms with Gasteiger partial charge in [-0.2, -0.15) is 0 Å². The van der Waals surface area contributed by atoms with Crippen molar-refractivity contribution < 1.29 is 4.39 Å². The van der Waals surface area contributed by atoms with Crippen LogP contribution in [0.5, 0.6) is 0 Å². The summed E-state index contributed by atoms with van der Waals surface area (Å²) in [6.07, 6.45) is 17.7. The van der Waals surface area contributed by atoms with Crippen LogP contribution in [0.15, 0.2) is 12.4 Å². The molecule has 0 nitrogen and oxygen atoms in total. The molecular formula is C18H31F. The molecule has 2 saturated carbocycles. The van der Waals surface area contributed by atoms with Crippen molar-refractivity contribution in [2.24, 2.45) is 23.7 Å². The van der Waals surface area contributed by atoms with E-state index in [-0.39, 0.29) is 0 Å². The summed E-state index contributed by atoms with van der Waals surface area (Å²) in [5, 5.41) is 0. The van der Waals surface area contributed by atoms with E-state index in [2.05, 4.69) is 6.92 Å². The monoisotopic (exact) mass is 266 g/mol. The van der Waals surface area contributed by atoms with Gasteiger partial charge in [-0.25, -0.2) is 4.39 Å². The Morgan fingerprint density at radius 3 is 1.84 bits per heavy atom. The van der Waals surface area contributed by atoms with E-state index < -0.39 is 0 Å². The number of hydrogen-bond acceptors (Lipinski definition) is 0. The highest BCUT2D eigenvalue weighted by Crippen LogP contribution is 2.42. The van der Waals surface area contributed by atoms with Gasteiger partial charge in [-0.15, -0.1) is 0 Å². The minimum absolute atomic E-state index is 0.723. The average Bonchev–Trinajstić information content (AvgIpc) is 2.47. The summed E-state index contributed by atoms with van der Waals surface area (Å²) in [6, 6.07) is 0. The molecule has 0 aromatic rings. The molecule has 2 rings (SSSR count). The lowest BCUT2D eigenvalue weighted by Gasteiger charge is -2.37. The molecule has 0 amide bonds. The first-order valence-electron chi connectivity index (χ1n) is 8.58. The van der Waals surface area contributed by atoms with E-state index in [1.54, 1.807) is 6.08 Å². The lowest BCUT2D eigenvalue weighted by molar-refractivity contribution is 0.144. The topological polar surface area (TPSA) is 0 Å². The van der Waals surface area contributed by atoms with E-state index in [0.717, 1.165) is 36.4 Å². The van der Waals surface area contributed by atoms with Crippen LogP contribution in [0.2, 0.25) is 0 Å². The third-order valence-corrected chi connectivity index (χ3v) is 5.70. The van der Waals surface area contributed by atoms with Gasteiger partial charge in [0, 0.05) is 0 Å². The van der Waals surface area contributed by atoms with Gasteiger partial charge in [0.15, 0.2) is 0 Å². The largest absolute Gasteiger partial charge is 0.216 e. The Kier molecular flexibility index (Phi) is 6.40. The predicted molar refractivity (Wildman–Crippen MR) is 80.7 cm³/mol. The van der Waals surface area contributed by atoms with Crippen LogP contribution in [0, 0.1) is 23.7 Å². The summed E-state index contributed by atoms with van der Waals surface area (Å²) in [7, 11) is 0. The zero-order valence-corrected chi connectivity index (χ0v) is 12.6. The Labute approximate surface area is 118 Å². The Morgan fingerprint density at radius 1 is 0.842 bits per heavy atom. The Hall–Kier alpha value is -0.330. The lowest BCUT2D eigenvalue weighted by atomic mass is 9.68. The molecule has 19 heavy (non-hydrogen) atoms. The molecule has 0 radical (unpaired) electrons. The first kappa shape index (κ1) is 15.1. The summed E-state index contributed by atoms with van der Waals surface area (Å²) in [5.41, 5.74) is 0. The summed E-state index contributed by atoms with van der Waals surface area (Å²) in [4.78, 5) is 0. The molecule has 0 spiro atoms. The maximum atomic E-state index is 12.0. The fourth-order valence-electron chi connectivity index (χ4n) is 4.50. The zero-order valence-electron chi connectivity index (χ0n) is 12.6. The van der Waals surface area contributed by atoms with Crippen molar-refractivity contribution >= 4 is 0 Å². The second-order valence-corrected chi connectivity index (χ2v) is 6.95. The molecule has 0 atom stereocenters. The van der Waals surface area contributed by atoms with E-state index in [0.29, 0.717) is 0 Å². The number of hydrogen-bond donors (Lipinski definition) is 0. The van der Waals surface area contributed by atoms with Gasteiger partial charge in [0.05, 0.1) is 6.33 Å². The molecule has 0 N–H and O–H groups in total. The predicted octanol–water partition coefficient (Wildman–Crippen LogP) is 6.27. The molecule has 2 aliphatic carbocycles. The zero-order chi connectivity index (χ0) is 13.5. The first-order chi connectivity index (χ1) is 9.33. The quantitative estimate of drug-likeness (QED) is 0.550. The number of allylic oxidation sites excluding steroid dienone is 1. The summed E-state index contributed by atoms with van der Waals surface area (Å²) >= 11 is 0. The van der Waals surface area contributed by atoms with E-state index >= 15 is 0 Å². The van der Waals surface area contributed by atoms with Crippen molar-refractivity contribution in [1.29, 1.82) is 0 Å². The van der Waals surface area contributed by atoms with Crippen molar-refractivity contribution in [3.8, 4) is 0 Å². The Bertz CT molecular complexity index is 255. The molecule has 0 bridgehead atoms. The molecule has 110 valence electrons. The highest BCUT2D eigenvalue weighted by atomic mass is 19.1. The highest BCUT2D eigenvalue weighted by molar-refractivity contribution is 4.85. The van der Waals surface area contributed by atoms with Crippen molar-refractivity contribution in [2.45, 2.75) is 77.6 Å². The maximum absolute atomic E-state index is 12.0. The van der Waals surface area contributed by atoms with Gasteiger partial charge in [0.25, 0.3) is 0 Å². The molecular weight excluding hydrogens is 235 g/mol. The second-order valence-electron chi connectivity index (χ2n) is 6.95. The summed E-state index contributed by atoms with van der Waals surface area (Å²) in [6.45, 7) is 2.32. The fourth-order valence-corrected chi connectivity index (χ4v) is 4.50. The van der Waals surface area contributed by atoms with E-state index in [9.17, 15) is 4.39 Å². The number of rotatable bonds is 5. The molecule has 2 aliphatic rings. The van der Waals surface area contributed by atoms with Crippen LogP contribution in [0.3, 0.4) is 0 Å². The normalized spacial score (nSPS) is 36.7. The van der Waals surface area contributed by atoms with Crippen molar-refractivity contribution in [3.63, 3.8) is 0 Å². The first-order valence-corrected chi connectivity index (χ1v) is 8.58. The van der Waals surface area contributed by atoms with E-state index in [4.69, 9.17) is 0 Å². The van der Waals surface area contributed by atoms with E-state index in [1.165, 1.54) is 64.2 Å². The van der Waals surface area contributed by atoms with Gasteiger partial charge < -0.3 is 0 Å². The molecule has 0 aliphatic heterocycles. The smallest absolute Gasteiger partial charge is 0.0827 e. The highest BCUT2D eigenvalue weighted by Gasteiger charge is 2.30. The lowest BCUT2D eigenvalue weighted by Crippen LogP contribution is -2.25. The minimum atomic E-state index is 0.723. The Morgan fingerprint density at radius 2 is 1.37 bits per heavy atom. The molecule has 2 fully saturated rings. The van der Waals surface area contributed by atoms with Crippen molar-refractivity contribution in [2.75, 3.05) is 0 Å². The third-order valence-electron chi connectivity index (χ3n) is 5.70. The molecule has 0 heterocycles. The van der Waals surface area contributed by atoms with Gasteiger partial charge in [-0.3, -0.25) is 0 Å². The van der Waals surface area contributed by atoms with Crippen molar-refractivity contribution in [3.05, 3.63) is 12.4 Å². The van der Waals surface area contributed by atoms with Crippen LogP contribution in [0.1, 0.15) is 77.6 Å². The van der Waals surface area contributed by atoms with Crippen molar-refractivity contribution in [1.82, 2.24) is 0 Å². The summed E-state index contributed by atoms with van der Waals surface area (Å²) < 4.78 is 12.0. The van der Waals surface area contributed by atoms with Crippen LogP contribution in [0.4, 0.5) is 4.39 Å².